The Bertz CT molecular complexity index is 427. The molecule has 1 amide bonds. The summed E-state index contributed by atoms with van der Waals surface area (Å²) in [5.41, 5.74) is 1.21. The molecule has 0 atom stereocenters. The fourth-order valence-electron chi connectivity index (χ4n) is 1.40. The van der Waals surface area contributed by atoms with Crippen molar-refractivity contribution in [1.82, 2.24) is 4.98 Å². The molecular formula is C13H19ClN2O2. The van der Waals surface area contributed by atoms with E-state index in [9.17, 15) is 4.79 Å². The van der Waals surface area contributed by atoms with Crippen LogP contribution in [0.1, 0.15) is 32.0 Å². The monoisotopic (exact) mass is 270 g/mol. The van der Waals surface area contributed by atoms with Gasteiger partial charge in [0.15, 0.2) is 0 Å². The Morgan fingerprint density at radius 2 is 2.11 bits per heavy atom. The summed E-state index contributed by atoms with van der Waals surface area (Å²) in [6.45, 7) is 7.31. The maximum absolute atomic E-state index is 11.7. The van der Waals surface area contributed by atoms with Crippen LogP contribution in [0.15, 0.2) is 12.1 Å². The van der Waals surface area contributed by atoms with E-state index in [2.05, 4.69) is 10.3 Å². The van der Waals surface area contributed by atoms with Gasteiger partial charge in [0, 0.05) is 11.6 Å². The summed E-state index contributed by atoms with van der Waals surface area (Å²) in [5, 5.41) is 2.66. The number of hydrogen-bond donors (Lipinski definition) is 1. The zero-order chi connectivity index (χ0) is 13.8. The maximum atomic E-state index is 11.7. The molecule has 4 nitrogen and oxygen atoms in total. The minimum Gasteiger partial charge on any atom is -0.444 e. The number of ether oxygens (including phenoxy) is 1. The number of aromatic nitrogens is 1. The second-order valence-corrected chi connectivity index (χ2v) is 5.40. The number of pyridine rings is 1. The fraction of sp³-hybridized carbons (Fsp3) is 0.538. The second-order valence-electron chi connectivity index (χ2n) is 5.03. The molecule has 0 saturated heterocycles. The molecule has 0 aliphatic heterocycles. The van der Waals surface area contributed by atoms with Gasteiger partial charge in [0.2, 0.25) is 0 Å². The Hall–Kier alpha value is -1.29. The lowest BCUT2D eigenvalue weighted by Gasteiger charge is -2.20. The number of alkyl halides is 1. The first-order valence-electron chi connectivity index (χ1n) is 5.84. The lowest BCUT2D eigenvalue weighted by molar-refractivity contribution is 0.0635. The molecule has 1 rings (SSSR count). The van der Waals surface area contributed by atoms with E-state index in [-0.39, 0.29) is 0 Å². The Morgan fingerprint density at radius 1 is 1.44 bits per heavy atom. The van der Waals surface area contributed by atoms with E-state index in [1.807, 2.05) is 39.8 Å². The van der Waals surface area contributed by atoms with Gasteiger partial charge >= 0.3 is 6.09 Å². The number of nitrogens with one attached hydrogen (secondary N) is 1. The maximum Gasteiger partial charge on any atom is 0.413 e. The second kappa shape index (κ2) is 6.05. The topological polar surface area (TPSA) is 51.2 Å². The Kier molecular flexibility index (Phi) is 4.96. The molecule has 0 aromatic carbocycles. The van der Waals surface area contributed by atoms with Crippen LogP contribution in [0, 0.1) is 6.92 Å². The van der Waals surface area contributed by atoms with E-state index in [0.29, 0.717) is 18.1 Å². The molecule has 0 aliphatic rings. The molecule has 1 aromatic heterocycles. The number of carbonyl (C=O) groups excluding carboxylic acids is 1. The molecule has 1 N–H and O–H groups in total. The van der Waals surface area contributed by atoms with Crippen LogP contribution in [0.2, 0.25) is 0 Å². The van der Waals surface area contributed by atoms with Gasteiger partial charge in [-0.1, -0.05) is 6.07 Å². The molecule has 18 heavy (non-hydrogen) atoms. The Labute approximate surface area is 113 Å². The minimum atomic E-state index is -0.527. The van der Waals surface area contributed by atoms with E-state index in [1.165, 1.54) is 0 Å². The van der Waals surface area contributed by atoms with Crippen LogP contribution in [0.3, 0.4) is 0 Å². The summed E-state index contributed by atoms with van der Waals surface area (Å²) in [4.78, 5) is 16.0. The highest BCUT2D eigenvalue weighted by Crippen LogP contribution is 2.16. The van der Waals surface area contributed by atoms with E-state index in [0.717, 1.165) is 11.3 Å². The van der Waals surface area contributed by atoms with Gasteiger partial charge in [-0.25, -0.2) is 9.78 Å². The molecule has 5 heteroatoms. The van der Waals surface area contributed by atoms with Crippen molar-refractivity contribution in [1.29, 1.82) is 0 Å². The summed E-state index contributed by atoms with van der Waals surface area (Å²) in [5.74, 6) is 0.998. The zero-order valence-electron chi connectivity index (χ0n) is 11.2. The molecule has 0 spiro atoms. The predicted molar refractivity (Wildman–Crippen MR) is 73.3 cm³/mol. The Balaban J connectivity index is 2.82. The summed E-state index contributed by atoms with van der Waals surface area (Å²) in [7, 11) is 0. The summed E-state index contributed by atoms with van der Waals surface area (Å²) in [6.07, 6.45) is 0.149. The number of amides is 1. The molecule has 0 aliphatic carbocycles. The van der Waals surface area contributed by atoms with Crippen molar-refractivity contribution in [3.05, 3.63) is 23.4 Å². The molecule has 1 heterocycles. The van der Waals surface area contributed by atoms with Crippen molar-refractivity contribution in [2.45, 2.75) is 39.7 Å². The average Bonchev–Trinajstić information content (AvgIpc) is 2.19. The number of carbonyl (C=O) groups is 1. The minimum absolute atomic E-state index is 0.480. The quantitative estimate of drug-likeness (QED) is 0.855. The van der Waals surface area contributed by atoms with Crippen molar-refractivity contribution < 1.29 is 9.53 Å². The number of hydrogen-bond acceptors (Lipinski definition) is 3. The predicted octanol–water partition coefficient (Wildman–Crippen LogP) is 3.52. The number of anilines is 1. The Morgan fingerprint density at radius 3 is 2.67 bits per heavy atom. The first kappa shape index (κ1) is 14.8. The van der Waals surface area contributed by atoms with Crippen LogP contribution in [0.4, 0.5) is 10.6 Å². The van der Waals surface area contributed by atoms with Gasteiger partial charge in [0.05, 0.1) is 0 Å². The lowest BCUT2D eigenvalue weighted by Crippen LogP contribution is -2.28. The van der Waals surface area contributed by atoms with Gasteiger partial charge in [0.1, 0.15) is 11.4 Å². The molecular weight excluding hydrogens is 252 g/mol. The summed E-state index contributed by atoms with van der Waals surface area (Å²) in [6, 6.07) is 3.81. The molecule has 1 aromatic rings. The van der Waals surface area contributed by atoms with Gasteiger partial charge in [-0.3, -0.25) is 5.32 Å². The number of halogens is 1. The zero-order valence-corrected chi connectivity index (χ0v) is 12.0. The highest BCUT2D eigenvalue weighted by atomic mass is 35.5. The largest absolute Gasteiger partial charge is 0.444 e. The number of rotatable bonds is 3. The summed E-state index contributed by atoms with van der Waals surface area (Å²) >= 11 is 5.72. The van der Waals surface area contributed by atoms with Gasteiger partial charge in [-0.15, -0.1) is 11.6 Å². The first-order chi connectivity index (χ1) is 8.31. The molecule has 100 valence electrons. The van der Waals surface area contributed by atoms with Crippen molar-refractivity contribution in [2.24, 2.45) is 0 Å². The summed E-state index contributed by atoms with van der Waals surface area (Å²) < 4.78 is 5.19. The normalized spacial score (nSPS) is 11.2. The number of aryl methyl sites for hydroxylation is 2. The lowest BCUT2D eigenvalue weighted by atomic mass is 10.2. The van der Waals surface area contributed by atoms with Gasteiger partial charge in [0.25, 0.3) is 0 Å². The molecule has 0 fully saturated rings. The van der Waals surface area contributed by atoms with Gasteiger partial charge in [-0.05, 0) is 45.7 Å². The van der Waals surface area contributed by atoms with Gasteiger partial charge < -0.3 is 4.74 Å². The third-order valence-electron chi connectivity index (χ3n) is 2.10. The highest BCUT2D eigenvalue weighted by Gasteiger charge is 2.17. The fourth-order valence-corrected chi connectivity index (χ4v) is 1.60. The van der Waals surface area contributed by atoms with Crippen molar-refractivity contribution in [2.75, 3.05) is 11.2 Å². The van der Waals surface area contributed by atoms with E-state index >= 15 is 0 Å². The number of nitrogens with zero attached hydrogens (tertiary/aromatic N) is 1. The van der Waals surface area contributed by atoms with Gasteiger partial charge in [-0.2, -0.15) is 0 Å². The van der Waals surface area contributed by atoms with Crippen molar-refractivity contribution in [3.63, 3.8) is 0 Å². The third-order valence-corrected chi connectivity index (χ3v) is 2.29. The van der Waals surface area contributed by atoms with Crippen LogP contribution >= 0.6 is 11.6 Å². The van der Waals surface area contributed by atoms with E-state index < -0.39 is 11.7 Å². The molecule has 0 radical (unpaired) electrons. The van der Waals surface area contributed by atoms with E-state index in [4.69, 9.17) is 16.3 Å². The van der Waals surface area contributed by atoms with Crippen LogP contribution in [0.5, 0.6) is 0 Å². The molecule has 0 saturated carbocycles. The average molecular weight is 271 g/mol. The van der Waals surface area contributed by atoms with Crippen LogP contribution in [-0.2, 0) is 11.2 Å². The molecule has 0 unspecified atom stereocenters. The first-order valence-corrected chi connectivity index (χ1v) is 6.38. The van der Waals surface area contributed by atoms with Crippen LogP contribution < -0.4 is 5.32 Å². The van der Waals surface area contributed by atoms with Crippen LogP contribution in [0.25, 0.3) is 0 Å². The van der Waals surface area contributed by atoms with Crippen molar-refractivity contribution in [3.8, 4) is 0 Å². The third kappa shape index (κ3) is 4.92. The molecule has 0 bridgehead atoms. The standard InChI is InChI=1S/C13H19ClN2O2/c1-9-5-6-10(7-8-14)11(15-9)16-12(17)18-13(2,3)4/h5-6H,7-8H2,1-4H3,(H,15,16,17). The smallest absolute Gasteiger partial charge is 0.413 e. The highest BCUT2D eigenvalue weighted by molar-refractivity contribution is 6.18. The van der Waals surface area contributed by atoms with Crippen molar-refractivity contribution >= 4 is 23.5 Å². The SMILES string of the molecule is Cc1ccc(CCCl)c(NC(=O)OC(C)(C)C)n1. The van der Waals surface area contributed by atoms with E-state index in [1.54, 1.807) is 0 Å². The van der Waals surface area contributed by atoms with Crippen LogP contribution in [-0.4, -0.2) is 22.6 Å².